The molecule has 1 amide bonds. The number of H-pyrrole nitrogens is 1. The zero-order valence-electron chi connectivity index (χ0n) is 21.1. The minimum absolute atomic E-state index is 0.00860. The summed E-state index contributed by atoms with van der Waals surface area (Å²) >= 11 is 0. The van der Waals surface area contributed by atoms with Crippen molar-refractivity contribution in [2.45, 2.75) is 45.3 Å². The number of pyridine rings is 3. The van der Waals surface area contributed by atoms with Crippen molar-refractivity contribution in [1.29, 1.82) is 0 Å². The Hall–Kier alpha value is -4.41. The van der Waals surface area contributed by atoms with E-state index in [1.807, 2.05) is 55.8 Å². The van der Waals surface area contributed by atoms with Gasteiger partial charge >= 0.3 is 6.09 Å². The normalized spacial score (nSPS) is 14.6. The lowest BCUT2D eigenvalue weighted by molar-refractivity contribution is 0.0495. The van der Waals surface area contributed by atoms with Gasteiger partial charge in [0.25, 0.3) is 0 Å². The summed E-state index contributed by atoms with van der Waals surface area (Å²) in [5, 5.41) is 5.13. The van der Waals surface area contributed by atoms with Gasteiger partial charge in [0.2, 0.25) is 5.56 Å². The fraction of sp³-hybridized carbons (Fsp3) is 0.346. The van der Waals surface area contributed by atoms with Crippen LogP contribution < -0.4 is 21.6 Å². The number of rotatable bonds is 4. The van der Waals surface area contributed by atoms with Gasteiger partial charge in [-0.15, -0.1) is 0 Å². The Morgan fingerprint density at radius 2 is 1.89 bits per heavy atom. The van der Waals surface area contributed by atoms with Crippen LogP contribution in [0, 0.1) is 0 Å². The second-order valence-corrected chi connectivity index (χ2v) is 10.0. The molecule has 4 aromatic heterocycles. The van der Waals surface area contributed by atoms with Crippen molar-refractivity contribution in [3.05, 3.63) is 59.0 Å². The lowest BCUT2D eigenvalue weighted by Crippen LogP contribution is -2.49. The quantitative estimate of drug-likeness (QED) is 0.386. The molecule has 0 saturated carbocycles. The molecule has 37 heavy (non-hydrogen) atoms. The summed E-state index contributed by atoms with van der Waals surface area (Å²) in [4.78, 5) is 41.0. The van der Waals surface area contributed by atoms with E-state index in [2.05, 4.69) is 20.3 Å². The van der Waals surface area contributed by atoms with Crippen LogP contribution in [0.5, 0.6) is 0 Å². The van der Waals surface area contributed by atoms with Crippen LogP contribution in [0.2, 0.25) is 0 Å². The average molecular weight is 503 g/mol. The van der Waals surface area contributed by atoms with Gasteiger partial charge in [-0.1, -0.05) is 6.07 Å². The third-order valence-electron chi connectivity index (χ3n) is 6.08. The minimum Gasteiger partial charge on any atom is -0.444 e. The minimum atomic E-state index is -0.550. The number of nitrogens with one attached hydrogen (secondary N) is 2. The second kappa shape index (κ2) is 9.57. The summed E-state index contributed by atoms with van der Waals surface area (Å²) in [5.41, 5.74) is 8.75. The number of carbonyl (C=O) groups excluding carboxylic acids is 1. The highest BCUT2D eigenvalue weighted by Crippen LogP contribution is 2.29. The van der Waals surface area contributed by atoms with Gasteiger partial charge in [0.1, 0.15) is 16.9 Å². The molecule has 1 saturated heterocycles. The van der Waals surface area contributed by atoms with Crippen molar-refractivity contribution in [3.63, 3.8) is 0 Å². The molecule has 0 aliphatic carbocycles. The molecular weight excluding hydrogens is 472 g/mol. The van der Waals surface area contributed by atoms with Crippen LogP contribution in [0.1, 0.15) is 33.6 Å². The van der Waals surface area contributed by atoms with E-state index < -0.39 is 11.7 Å². The molecule has 192 valence electrons. The monoisotopic (exact) mass is 502 g/mol. The summed E-state index contributed by atoms with van der Waals surface area (Å²) in [6.45, 7) is 6.83. The first-order valence-corrected chi connectivity index (χ1v) is 12.2. The van der Waals surface area contributed by atoms with Crippen LogP contribution in [0.4, 0.5) is 10.6 Å². The fourth-order valence-corrected chi connectivity index (χ4v) is 4.43. The van der Waals surface area contributed by atoms with Crippen LogP contribution in [0.25, 0.3) is 33.9 Å². The van der Waals surface area contributed by atoms with Gasteiger partial charge in [-0.2, -0.15) is 0 Å². The first kappa shape index (κ1) is 24.3. The van der Waals surface area contributed by atoms with E-state index in [1.54, 1.807) is 12.3 Å². The molecule has 1 fully saturated rings. The SMILES string of the molecule is CC(C)(C)OC(=O)NC1CCN(n2c(-c3cccnc3N)nc3ccc(-c4cccc(=O)[nH]4)nc32)CC1. The summed E-state index contributed by atoms with van der Waals surface area (Å²) < 4.78 is 7.39. The number of piperidine rings is 1. The molecule has 1 aliphatic rings. The second-order valence-electron chi connectivity index (χ2n) is 10.0. The number of aromatic amines is 1. The topological polar surface area (TPSA) is 144 Å². The number of aromatic nitrogens is 5. The Labute approximate surface area is 213 Å². The molecule has 0 radical (unpaired) electrons. The molecule has 0 unspecified atom stereocenters. The lowest BCUT2D eigenvalue weighted by Gasteiger charge is -2.35. The molecule has 5 heterocycles. The predicted octanol–water partition coefficient (Wildman–Crippen LogP) is 3.06. The summed E-state index contributed by atoms with van der Waals surface area (Å²) in [6, 6.07) is 12.4. The van der Waals surface area contributed by atoms with Crippen molar-refractivity contribution >= 4 is 23.1 Å². The maximum Gasteiger partial charge on any atom is 0.407 e. The van der Waals surface area contributed by atoms with E-state index >= 15 is 0 Å². The molecule has 0 bridgehead atoms. The van der Waals surface area contributed by atoms with Gasteiger partial charge in [-0.05, 0) is 63.9 Å². The van der Waals surface area contributed by atoms with Crippen LogP contribution >= 0.6 is 0 Å². The third-order valence-corrected chi connectivity index (χ3v) is 6.08. The van der Waals surface area contributed by atoms with E-state index in [0.29, 0.717) is 65.7 Å². The summed E-state index contributed by atoms with van der Waals surface area (Å²) in [5.74, 6) is 0.999. The molecular formula is C26H30N8O3. The number of alkyl carbamates (subject to hydrolysis) is 1. The van der Waals surface area contributed by atoms with Crippen molar-refractivity contribution in [2.75, 3.05) is 23.8 Å². The first-order chi connectivity index (χ1) is 17.7. The fourth-order valence-electron chi connectivity index (χ4n) is 4.43. The molecule has 11 heteroatoms. The average Bonchev–Trinajstić information content (AvgIpc) is 3.22. The van der Waals surface area contributed by atoms with Crippen molar-refractivity contribution in [2.24, 2.45) is 0 Å². The van der Waals surface area contributed by atoms with E-state index in [9.17, 15) is 9.59 Å². The Morgan fingerprint density at radius 1 is 1.11 bits per heavy atom. The molecule has 0 spiro atoms. The highest BCUT2D eigenvalue weighted by Gasteiger charge is 2.27. The number of carbonyl (C=O) groups is 1. The number of nitrogens with zero attached hydrogens (tertiary/aromatic N) is 5. The number of ether oxygens (including phenoxy) is 1. The van der Waals surface area contributed by atoms with Gasteiger partial charge in [-0.3, -0.25) is 4.79 Å². The lowest BCUT2D eigenvalue weighted by atomic mass is 10.1. The number of hydrogen-bond donors (Lipinski definition) is 3. The molecule has 0 atom stereocenters. The zero-order valence-corrected chi connectivity index (χ0v) is 21.1. The van der Waals surface area contributed by atoms with Crippen LogP contribution in [-0.4, -0.2) is 55.4 Å². The van der Waals surface area contributed by atoms with Gasteiger partial charge in [0.15, 0.2) is 11.5 Å². The number of hydrogen-bond acceptors (Lipinski definition) is 8. The molecule has 0 aromatic carbocycles. The van der Waals surface area contributed by atoms with E-state index in [-0.39, 0.29) is 11.6 Å². The molecule has 4 aromatic rings. The Kier molecular flexibility index (Phi) is 6.28. The number of imidazole rings is 1. The number of nitrogen functional groups attached to an aromatic ring is 1. The van der Waals surface area contributed by atoms with Gasteiger partial charge in [-0.25, -0.2) is 24.4 Å². The highest BCUT2D eigenvalue weighted by molar-refractivity contribution is 5.82. The van der Waals surface area contributed by atoms with Gasteiger partial charge in [0, 0.05) is 31.4 Å². The Balaban J connectivity index is 1.50. The highest BCUT2D eigenvalue weighted by atomic mass is 16.6. The number of nitrogens with two attached hydrogens (primary N) is 1. The predicted molar refractivity (Wildman–Crippen MR) is 142 cm³/mol. The number of fused-ring (bicyclic) bond motifs is 1. The smallest absolute Gasteiger partial charge is 0.407 e. The maximum absolute atomic E-state index is 12.3. The largest absolute Gasteiger partial charge is 0.444 e. The molecule has 4 N–H and O–H groups in total. The van der Waals surface area contributed by atoms with Crippen LogP contribution in [-0.2, 0) is 4.74 Å². The van der Waals surface area contributed by atoms with Gasteiger partial charge < -0.3 is 25.8 Å². The maximum atomic E-state index is 12.3. The van der Waals surface area contributed by atoms with Crippen LogP contribution in [0.3, 0.4) is 0 Å². The van der Waals surface area contributed by atoms with E-state index in [1.165, 1.54) is 6.07 Å². The summed E-state index contributed by atoms with van der Waals surface area (Å²) in [7, 11) is 0. The number of anilines is 1. The van der Waals surface area contributed by atoms with Gasteiger partial charge in [0.05, 0.1) is 17.0 Å². The van der Waals surface area contributed by atoms with E-state index in [0.717, 1.165) is 0 Å². The van der Waals surface area contributed by atoms with Crippen molar-refractivity contribution in [1.82, 2.24) is 29.9 Å². The number of amides is 1. The molecule has 5 rings (SSSR count). The summed E-state index contributed by atoms with van der Waals surface area (Å²) in [6.07, 6.45) is 2.66. The van der Waals surface area contributed by atoms with Crippen molar-refractivity contribution < 1.29 is 9.53 Å². The molecule has 11 nitrogen and oxygen atoms in total. The molecule has 1 aliphatic heterocycles. The Morgan fingerprint density at radius 3 is 2.59 bits per heavy atom. The standard InChI is InChI=1S/C26H30N8O3/c1-26(2,3)37-25(36)29-16-11-14-33(15-12-16)34-23(17-6-5-13-28-22(17)27)32-20-10-9-19(31-24(20)34)18-7-4-8-21(35)30-18/h4-10,13,16H,11-12,14-15H2,1-3H3,(H2,27,28)(H,29,36)(H,30,35). The van der Waals surface area contributed by atoms with Crippen LogP contribution in [0.15, 0.2) is 53.5 Å². The zero-order chi connectivity index (χ0) is 26.2. The van der Waals surface area contributed by atoms with Crippen molar-refractivity contribution in [3.8, 4) is 22.8 Å². The van der Waals surface area contributed by atoms with E-state index in [4.69, 9.17) is 20.4 Å². The Bertz CT molecular complexity index is 1500. The first-order valence-electron chi connectivity index (χ1n) is 12.2. The third kappa shape index (κ3) is 5.25.